The third kappa shape index (κ3) is 2.73. The number of non-ortho nitro benzene ring substituents is 1. The SMILES string of the molecule is C[C@H]1CN(c2ccc([N+](=O)[O-])cc2Cl)C[C@H](C)[NH2+]1. The van der Waals surface area contributed by atoms with Crippen molar-refractivity contribution in [2.24, 2.45) is 0 Å². The van der Waals surface area contributed by atoms with E-state index < -0.39 is 4.92 Å². The van der Waals surface area contributed by atoms with Gasteiger partial charge >= 0.3 is 0 Å². The zero-order chi connectivity index (χ0) is 13.3. The molecule has 0 aliphatic carbocycles. The summed E-state index contributed by atoms with van der Waals surface area (Å²) in [4.78, 5) is 12.4. The Kier molecular flexibility index (Phi) is 3.73. The largest absolute Gasteiger partial charge is 0.358 e. The van der Waals surface area contributed by atoms with Gasteiger partial charge in [0.05, 0.1) is 28.7 Å². The number of hydrogen-bond acceptors (Lipinski definition) is 3. The molecule has 2 atom stereocenters. The standard InChI is InChI=1S/C12H16ClN3O2/c1-8-6-15(7-9(2)14-8)12-4-3-10(16(17)18)5-11(12)13/h3-5,8-9,14H,6-7H2,1-2H3/p+1/t8-,9-/m0/s1. The Balaban J connectivity index is 2.25. The first-order valence-corrected chi connectivity index (χ1v) is 6.39. The van der Waals surface area contributed by atoms with Crippen LogP contribution in [-0.4, -0.2) is 30.1 Å². The fourth-order valence-electron chi connectivity index (χ4n) is 2.51. The Morgan fingerprint density at radius 2 is 2.00 bits per heavy atom. The molecule has 1 aliphatic heterocycles. The Bertz CT molecular complexity index is 457. The summed E-state index contributed by atoms with van der Waals surface area (Å²) in [5.41, 5.74) is 0.919. The molecule has 1 fully saturated rings. The molecule has 1 aromatic rings. The molecular formula is C12H17ClN3O2+. The fourth-order valence-corrected chi connectivity index (χ4v) is 2.81. The van der Waals surface area contributed by atoms with Gasteiger partial charge in [-0.3, -0.25) is 10.1 Å². The van der Waals surface area contributed by atoms with Gasteiger partial charge in [-0.05, 0) is 19.9 Å². The second kappa shape index (κ2) is 5.12. The molecule has 6 heteroatoms. The molecule has 0 saturated carbocycles. The van der Waals surface area contributed by atoms with Crippen molar-refractivity contribution < 1.29 is 10.2 Å². The zero-order valence-corrected chi connectivity index (χ0v) is 11.2. The predicted octanol–water partition coefficient (Wildman–Crippen LogP) is 1.41. The van der Waals surface area contributed by atoms with Gasteiger partial charge in [0, 0.05) is 12.1 Å². The number of hydrogen-bond donors (Lipinski definition) is 1. The molecule has 1 heterocycles. The maximum absolute atomic E-state index is 10.7. The second-order valence-electron chi connectivity index (χ2n) is 4.94. The lowest BCUT2D eigenvalue weighted by molar-refractivity contribution is -0.716. The number of nitrogens with two attached hydrogens (primary N) is 1. The van der Waals surface area contributed by atoms with Crippen LogP contribution in [0.5, 0.6) is 0 Å². The first-order valence-electron chi connectivity index (χ1n) is 6.01. The summed E-state index contributed by atoms with van der Waals surface area (Å²) in [6.07, 6.45) is 0. The van der Waals surface area contributed by atoms with E-state index >= 15 is 0 Å². The quantitative estimate of drug-likeness (QED) is 0.653. The second-order valence-corrected chi connectivity index (χ2v) is 5.35. The normalized spacial score (nSPS) is 24.1. The Morgan fingerprint density at radius 1 is 1.39 bits per heavy atom. The van der Waals surface area contributed by atoms with Crippen molar-refractivity contribution in [1.82, 2.24) is 0 Å². The third-order valence-electron chi connectivity index (χ3n) is 3.16. The first kappa shape index (κ1) is 13.1. The fraction of sp³-hybridized carbons (Fsp3) is 0.500. The van der Waals surface area contributed by atoms with E-state index in [2.05, 4.69) is 24.1 Å². The minimum absolute atomic E-state index is 0.0356. The maximum atomic E-state index is 10.7. The molecule has 2 N–H and O–H groups in total. The van der Waals surface area contributed by atoms with Crippen LogP contribution in [0.15, 0.2) is 18.2 Å². The predicted molar refractivity (Wildman–Crippen MR) is 71.2 cm³/mol. The number of anilines is 1. The maximum Gasteiger partial charge on any atom is 0.271 e. The van der Waals surface area contributed by atoms with Crippen molar-refractivity contribution in [2.75, 3.05) is 18.0 Å². The molecular weight excluding hydrogens is 254 g/mol. The molecule has 1 aliphatic rings. The van der Waals surface area contributed by atoms with Crippen LogP contribution >= 0.6 is 11.6 Å². The van der Waals surface area contributed by atoms with Crippen molar-refractivity contribution >= 4 is 23.0 Å². The summed E-state index contributed by atoms with van der Waals surface area (Å²) in [5.74, 6) is 0. The summed E-state index contributed by atoms with van der Waals surface area (Å²) in [6, 6.07) is 5.67. The van der Waals surface area contributed by atoms with E-state index in [4.69, 9.17) is 11.6 Å². The van der Waals surface area contributed by atoms with Gasteiger partial charge in [-0.25, -0.2) is 0 Å². The molecule has 0 unspecified atom stereocenters. The number of quaternary nitrogens is 1. The number of piperazine rings is 1. The van der Waals surface area contributed by atoms with Gasteiger partial charge in [0.25, 0.3) is 5.69 Å². The molecule has 2 rings (SSSR count). The van der Waals surface area contributed by atoms with E-state index in [-0.39, 0.29) is 5.69 Å². The van der Waals surface area contributed by atoms with Gasteiger partial charge < -0.3 is 10.2 Å². The van der Waals surface area contributed by atoms with E-state index in [1.807, 2.05) is 0 Å². The lowest BCUT2D eigenvalue weighted by Gasteiger charge is -2.35. The highest BCUT2D eigenvalue weighted by molar-refractivity contribution is 6.33. The van der Waals surface area contributed by atoms with Gasteiger partial charge in [0.15, 0.2) is 0 Å². The highest BCUT2D eigenvalue weighted by Crippen LogP contribution is 2.30. The van der Waals surface area contributed by atoms with Gasteiger partial charge in [0.2, 0.25) is 0 Å². The van der Waals surface area contributed by atoms with Gasteiger partial charge in [0.1, 0.15) is 12.1 Å². The van der Waals surface area contributed by atoms with E-state index in [0.29, 0.717) is 17.1 Å². The monoisotopic (exact) mass is 270 g/mol. The summed E-state index contributed by atoms with van der Waals surface area (Å²) in [5, 5.41) is 13.5. The average molecular weight is 271 g/mol. The van der Waals surface area contributed by atoms with Crippen molar-refractivity contribution in [3.05, 3.63) is 33.3 Å². The smallest absolute Gasteiger partial charge is 0.271 e. The molecule has 0 bridgehead atoms. The van der Waals surface area contributed by atoms with E-state index in [1.165, 1.54) is 12.1 Å². The third-order valence-corrected chi connectivity index (χ3v) is 3.46. The topological polar surface area (TPSA) is 63.0 Å². The molecule has 0 aromatic heterocycles. The van der Waals surface area contributed by atoms with Crippen LogP contribution in [-0.2, 0) is 0 Å². The number of nitrogens with zero attached hydrogens (tertiary/aromatic N) is 2. The Hall–Kier alpha value is -1.33. The van der Waals surface area contributed by atoms with E-state index in [0.717, 1.165) is 18.8 Å². The summed E-state index contributed by atoms with van der Waals surface area (Å²) >= 11 is 6.15. The molecule has 0 amide bonds. The van der Waals surface area contributed by atoms with Gasteiger partial charge in [-0.15, -0.1) is 0 Å². The van der Waals surface area contributed by atoms with Gasteiger partial charge in [-0.1, -0.05) is 11.6 Å². The minimum Gasteiger partial charge on any atom is -0.358 e. The van der Waals surface area contributed by atoms with Crippen molar-refractivity contribution in [3.63, 3.8) is 0 Å². The highest BCUT2D eigenvalue weighted by atomic mass is 35.5. The molecule has 0 radical (unpaired) electrons. The zero-order valence-electron chi connectivity index (χ0n) is 10.5. The van der Waals surface area contributed by atoms with Crippen LogP contribution in [0, 0.1) is 10.1 Å². The first-order chi connectivity index (χ1) is 8.47. The van der Waals surface area contributed by atoms with Crippen molar-refractivity contribution in [3.8, 4) is 0 Å². The van der Waals surface area contributed by atoms with Crippen LogP contribution in [0.25, 0.3) is 0 Å². The van der Waals surface area contributed by atoms with Crippen LogP contribution < -0.4 is 10.2 Å². The number of nitro benzene ring substituents is 1. The summed E-state index contributed by atoms with van der Waals surface area (Å²) in [7, 11) is 0. The number of halogens is 1. The van der Waals surface area contributed by atoms with Crippen LogP contribution in [0.1, 0.15) is 13.8 Å². The van der Waals surface area contributed by atoms with E-state index in [1.54, 1.807) is 6.07 Å². The number of benzene rings is 1. The molecule has 98 valence electrons. The summed E-state index contributed by atoms with van der Waals surface area (Å²) < 4.78 is 0. The Morgan fingerprint density at radius 3 is 2.50 bits per heavy atom. The minimum atomic E-state index is -0.426. The molecule has 0 spiro atoms. The molecule has 5 nitrogen and oxygen atoms in total. The Labute approximate surface area is 111 Å². The van der Waals surface area contributed by atoms with Crippen LogP contribution in [0.3, 0.4) is 0 Å². The summed E-state index contributed by atoms with van der Waals surface area (Å²) in [6.45, 7) is 6.15. The highest BCUT2D eigenvalue weighted by Gasteiger charge is 2.26. The van der Waals surface area contributed by atoms with Crippen molar-refractivity contribution in [1.29, 1.82) is 0 Å². The van der Waals surface area contributed by atoms with Crippen LogP contribution in [0.2, 0.25) is 5.02 Å². The number of rotatable bonds is 2. The molecule has 1 aromatic carbocycles. The van der Waals surface area contributed by atoms with Crippen molar-refractivity contribution in [2.45, 2.75) is 25.9 Å². The molecule has 1 saturated heterocycles. The van der Waals surface area contributed by atoms with Crippen LogP contribution in [0.4, 0.5) is 11.4 Å². The molecule has 18 heavy (non-hydrogen) atoms. The lowest BCUT2D eigenvalue weighted by Crippen LogP contribution is -2.99. The van der Waals surface area contributed by atoms with E-state index in [9.17, 15) is 10.1 Å². The van der Waals surface area contributed by atoms with Gasteiger partial charge in [-0.2, -0.15) is 0 Å². The average Bonchev–Trinajstić information content (AvgIpc) is 2.27. The lowest BCUT2D eigenvalue weighted by atomic mass is 10.1. The number of nitro groups is 1.